The van der Waals surface area contributed by atoms with Gasteiger partial charge in [0.2, 0.25) is 0 Å². The standard InChI is InChI=1S/C30H27NO4/c1-4-24(32)27(30(34)35-3)29(33)31-20(2)25(21-14-8-5-9-15-21)26(22-16-10-6-11-17-22)28(31)23-18-12-7-13-19-23/h5-19,27H,4H2,1-3H3. The van der Waals surface area contributed by atoms with Crippen molar-refractivity contribution >= 4 is 17.7 Å². The predicted molar refractivity (Wildman–Crippen MR) is 137 cm³/mol. The van der Waals surface area contributed by atoms with Gasteiger partial charge in [-0.3, -0.25) is 19.0 Å². The molecule has 1 heterocycles. The average Bonchev–Trinajstić information content (AvgIpc) is 3.22. The van der Waals surface area contributed by atoms with Crippen molar-refractivity contribution in [2.75, 3.05) is 7.11 Å². The number of ether oxygens (including phenoxy) is 1. The Labute approximate surface area is 205 Å². The summed E-state index contributed by atoms with van der Waals surface area (Å²) in [6.45, 7) is 3.49. The molecule has 5 heteroatoms. The van der Waals surface area contributed by atoms with Gasteiger partial charge in [0, 0.05) is 23.2 Å². The molecular weight excluding hydrogens is 438 g/mol. The van der Waals surface area contributed by atoms with Gasteiger partial charge in [0.25, 0.3) is 5.91 Å². The lowest BCUT2D eigenvalue weighted by Gasteiger charge is -2.17. The van der Waals surface area contributed by atoms with E-state index in [1.165, 1.54) is 11.7 Å². The monoisotopic (exact) mass is 465 g/mol. The zero-order chi connectivity index (χ0) is 24.9. The second-order valence-electron chi connectivity index (χ2n) is 8.23. The molecule has 4 aromatic rings. The van der Waals surface area contributed by atoms with Crippen molar-refractivity contribution in [3.05, 3.63) is 96.7 Å². The summed E-state index contributed by atoms with van der Waals surface area (Å²) in [5.74, 6) is -3.47. The van der Waals surface area contributed by atoms with Crippen LogP contribution in [0.5, 0.6) is 0 Å². The molecule has 0 aliphatic heterocycles. The fraction of sp³-hybridized carbons (Fsp3) is 0.167. The molecular formula is C30H27NO4. The first-order valence-corrected chi connectivity index (χ1v) is 11.6. The molecule has 1 unspecified atom stereocenters. The van der Waals surface area contributed by atoms with E-state index in [0.717, 1.165) is 27.8 Å². The van der Waals surface area contributed by atoms with Crippen LogP contribution in [0.1, 0.15) is 23.8 Å². The Morgan fingerprint density at radius 3 is 1.66 bits per heavy atom. The molecule has 0 saturated heterocycles. The molecule has 5 nitrogen and oxygen atoms in total. The molecule has 0 aliphatic carbocycles. The minimum Gasteiger partial charge on any atom is -0.468 e. The van der Waals surface area contributed by atoms with Crippen LogP contribution in [0, 0.1) is 12.8 Å². The highest BCUT2D eigenvalue weighted by molar-refractivity contribution is 6.19. The number of methoxy groups -OCH3 is 1. The van der Waals surface area contributed by atoms with Gasteiger partial charge in [-0.25, -0.2) is 0 Å². The number of carbonyl (C=O) groups excluding carboxylic acids is 3. The van der Waals surface area contributed by atoms with Gasteiger partial charge in [0.05, 0.1) is 12.8 Å². The van der Waals surface area contributed by atoms with E-state index in [2.05, 4.69) is 0 Å². The van der Waals surface area contributed by atoms with Crippen molar-refractivity contribution in [2.45, 2.75) is 20.3 Å². The number of Topliss-reactive ketones (excluding diaryl/α,β-unsaturated/α-hetero) is 1. The highest BCUT2D eigenvalue weighted by atomic mass is 16.5. The van der Waals surface area contributed by atoms with Crippen LogP contribution in [0.3, 0.4) is 0 Å². The molecule has 0 aliphatic rings. The Hall–Kier alpha value is -4.25. The SMILES string of the molecule is CCC(=O)C(C(=O)OC)C(=O)n1c(C)c(-c2ccccc2)c(-c2ccccc2)c1-c1ccccc1. The summed E-state index contributed by atoms with van der Waals surface area (Å²) in [7, 11) is 1.19. The minimum atomic E-state index is -1.54. The molecule has 4 rings (SSSR count). The van der Waals surface area contributed by atoms with Gasteiger partial charge in [-0.1, -0.05) is 97.9 Å². The Bertz CT molecular complexity index is 1340. The summed E-state index contributed by atoms with van der Waals surface area (Å²) in [5, 5.41) is 0. The molecule has 1 aromatic heterocycles. The number of nitrogens with zero attached hydrogens (tertiary/aromatic N) is 1. The van der Waals surface area contributed by atoms with Crippen molar-refractivity contribution in [1.82, 2.24) is 4.57 Å². The highest BCUT2D eigenvalue weighted by Crippen LogP contribution is 2.44. The summed E-state index contributed by atoms with van der Waals surface area (Å²) >= 11 is 0. The molecule has 0 bridgehead atoms. The van der Waals surface area contributed by atoms with Gasteiger partial charge in [0.15, 0.2) is 11.7 Å². The van der Waals surface area contributed by atoms with Crippen molar-refractivity contribution in [2.24, 2.45) is 5.92 Å². The number of rotatable bonds is 7. The molecule has 1 atom stereocenters. The quantitative estimate of drug-likeness (QED) is 0.241. The highest BCUT2D eigenvalue weighted by Gasteiger charge is 2.38. The molecule has 0 fully saturated rings. The molecule has 176 valence electrons. The molecule has 35 heavy (non-hydrogen) atoms. The van der Waals surface area contributed by atoms with Gasteiger partial charge >= 0.3 is 5.97 Å². The summed E-state index contributed by atoms with van der Waals surface area (Å²) in [6, 6.07) is 29.2. The third-order valence-corrected chi connectivity index (χ3v) is 6.15. The molecule has 0 saturated carbocycles. The molecule has 0 spiro atoms. The zero-order valence-electron chi connectivity index (χ0n) is 20.0. The first-order chi connectivity index (χ1) is 17.0. The largest absolute Gasteiger partial charge is 0.468 e. The summed E-state index contributed by atoms with van der Waals surface area (Å²) in [5.41, 5.74) is 5.68. The number of benzene rings is 3. The Kier molecular flexibility index (Phi) is 7.06. The van der Waals surface area contributed by atoms with E-state index in [9.17, 15) is 14.4 Å². The van der Waals surface area contributed by atoms with Gasteiger partial charge in [0.1, 0.15) is 0 Å². The van der Waals surface area contributed by atoms with Crippen LogP contribution in [-0.2, 0) is 14.3 Å². The van der Waals surface area contributed by atoms with Crippen LogP contribution >= 0.6 is 0 Å². The zero-order valence-corrected chi connectivity index (χ0v) is 20.0. The van der Waals surface area contributed by atoms with E-state index in [1.54, 1.807) is 6.92 Å². The number of ketones is 1. The van der Waals surface area contributed by atoms with Crippen molar-refractivity contribution in [3.63, 3.8) is 0 Å². The number of carbonyl (C=O) groups is 3. The maximum absolute atomic E-state index is 14.0. The smallest absolute Gasteiger partial charge is 0.325 e. The van der Waals surface area contributed by atoms with E-state index < -0.39 is 23.6 Å². The van der Waals surface area contributed by atoms with Crippen molar-refractivity contribution in [3.8, 4) is 33.5 Å². The maximum atomic E-state index is 14.0. The van der Waals surface area contributed by atoms with Crippen molar-refractivity contribution < 1.29 is 19.1 Å². The number of hydrogen-bond acceptors (Lipinski definition) is 4. The number of aromatic nitrogens is 1. The van der Waals surface area contributed by atoms with Crippen LogP contribution in [0.15, 0.2) is 91.0 Å². The second-order valence-corrected chi connectivity index (χ2v) is 8.23. The second kappa shape index (κ2) is 10.3. The molecule has 0 N–H and O–H groups in total. The van der Waals surface area contributed by atoms with Crippen molar-refractivity contribution in [1.29, 1.82) is 0 Å². The van der Waals surface area contributed by atoms with Gasteiger partial charge in [-0.2, -0.15) is 0 Å². The average molecular weight is 466 g/mol. The first-order valence-electron chi connectivity index (χ1n) is 11.6. The summed E-state index contributed by atoms with van der Waals surface area (Å²) in [6.07, 6.45) is 0.0452. The predicted octanol–water partition coefficient (Wildman–Crippen LogP) is 6.21. The molecule has 0 radical (unpaired) electrons. The normalized spacial score (nSPS) is 11.6. The van der Waals surface area contributed by atoms with Gasteiger partial charge in [-0.05, 0) is 23.6 Å². The van der Waals surface area contributed by atoms with Crippen LogP contribution < -0.4 is 0 Å². The maximum Gasteiger partial charge on any atom is 0.325 e. The van der Waals surface area contributed by atoms with Crippen LogP contribution in [0.25, 0.3) is 33.5 Å². The van der Waals surface area contributed by atoms with E-state index >= 15 is 0 Å². The minimum absolute atomic E-state index is 0.0452. The van der Waals surface area contributed by atoms with Crippen LogP contribution in [0.4, 0.5) is 0 Å². The van der Waals surface area contributed by atoms with Gasteiger partial charge < -0.3 is 4.74 Å². The topological polar surface area (TPSA) is 65.4 Å². The van der Waals surface area contributed by atoms with E-state index in [-0.39, 0.29) is 6.42 Å². The Morgan fingerprint density at radius 1 is 0.743 bits per heavy atom. The molecule has 3 aromatic carbocycles. The first kappa shape index (κ1) is 23.9. The number of esters is 1. The third-order valence-electron chi connectivity index (χ3n) is 6.15. The number of hydrogen-bond donors (Lipinski definition) is 0. The van der Waals surface area contributed by atoms with Crippen LogP contribution in [-0.4, -0.2) is 29.3 Å². The van der Waals surface area contributed by atoms with E-state index in [0.29, 0.717) is 11.4 Å². The van der Waals surface area contributed by atoms with E-state index in [1.807, 2.05) is 97.9 Å². The summed E-state index contributed by atoms with van der Waals surface area (Å²) < 4.78 is 6.40. The Morgan fingerprint density at radius 2 is 1.20 bits per heavy atom. The molecule has 0 amide bonds. The Balaban J connectivity index is 2.13. The fourth-order valence-corrected chi connectivity index (χ4v) is 4.50. The van der Waals surface area contributed by atoms with Gasteiger partial charge in [-0.15, -0.1) is 0 Å². The fourth-order valence-electron chi connectivity index (χ4n) is 4.50. The third kappa shape index (κ3) is 4.45. The summed E-state index contributed by atoms with van der Waals surface area (Å²) in [4.78, 5) is 39.5. The lowest BCUT2D eigenvalue weighted by molar-refractivity contribution is -0.147. The van der Waals surface area contributed by atoms with E-state index in [4.69, 9.17) is 4.74 Å². The lowest BCUT2D eigenvalue weighted by atomic mass is 9.93. The lowest BCUT2D eigenvalue weighted by Crippen LogP contribution is -2.36. The van der Waals surface area contributed by atoms with Crippen LogP contribution in [0.2, 0.25) is 0 Å².